The Balaban J connectivity index is 2.29. The molecule has 116 valence electrons. The SMILES string of the molecule is COc1cc(C(=O)/C=C/c2ccc(C)s2)ccc1S(C)(=O)=O. The van der Waals surface area contributed by atoms with Crippen LogP contribution in [0.3, 0.4) is 0 Å². The first-order valence-corrected chi connectivity index (χ1v) is 9.19. The molecule has 4 nitrogen and oxygen atoms in total. The van der Waals surface area contributed by atoms with Crippen LogP contribution in [0.2, 0.25) is 0 Å². The Hall–Kier alpha value is -1.92. The Kier molecular flexibility index (Phi) is 4.83. The van der Waals surface area contributed by atoms with Crippen LogP contribution in [0.1, 0.15) is 20.1 Å². The minimum atomic E-state index is -3.39. The normalized spacial score (nSPS) is 11.8. The van der Waals surface area contributed by atoms with E-state index in [4.69, 9.17) is 4.74 Å². The van der Waals surface area contributed by atoms with Crippen LogP contribution in [0.15, 0.2) is 41.3 Å². The van der Waals surface area contributed by atoms with Crippen molar-refractivity contribution >= 4 is 33.0 Å². The number of hydrogen-bond acceptors (Lipinski definition) is 5. The number of ether oxygens (including phenoxy) is 1. The average molecular weight is 336 g/mol. The smallest absolute Gasteiger partial charge is 0.186 e. The lowest BCUT2D eigenvalue weighted by molar-refractivity contribution is 0.104. The Morgan fingerprint density at radius 3 is 2.50 bits per heavy atom. The van der Waals surface area contributed by atoms with Crippen molar-refractivity contribution in [2.24, 2.45) is 0 Å². The summed E-state index contributed by atoms with van der Waals surface area (Å²) in [5.74, 6) is -0.0295. The summed E-state index contributed by atoms with van der Waals surface area (Å²) in [4.78, 5) is 14.4. The topological polar surface area (TPSA) is 60.4 Å². The van der Waals surface area contributed by atoms with Crippen molar-refractivity contribution in [3.63, 3.8) is 0 Å². The van der Waals surface area contributed by atoms with Gasteiger partial charge < -0.3 is 4.74 Å². The van der Waals surface area contributed by atoms with Crippen LogP contribution in [0.25, 0.3) is 6.08 Å². The van der Waals surface area contributed by atoms with E-state index in [1.165, 1.54) is 36.3 Å². The molecular weight excluding hydrogens is 320 g/mol. The van der Waals surface area contributed by atoms with E-state index < -0.39 is 9.84 Å². The predicted molar refractivity (Wildman–Crippen MR) is 88.5 cm³/mol. The fourth-order valence-electron chi connectivity index (χ4n) is 1.92. The summed E-state index contributed by atoms with van der Waals surface area (Å²) in [5.41, 5.74) is 0.383. The summed E-state index contributed by atoms with van der Waals surface area (Å²) in [7, 11) is -2.02. The van der Waals surface area contributed by atoms with Crippen molar-refractivity contribution in [1.82, 2.24) is 0 Å². The molecule has 0 unspecified atom stereocenters. The van der Waals surface area contributed by atoms with Crippen molar-refractivity contribution in [2.45, 2.75) is 11.8 Å². The highest BCUT2D eigenvalue weighted by atomic mass is 32.2. The fourth-order valence-corrected chi connectivity index (χ4v) is 3.53. The quantitative estimate of drug-likeness (QED) is 0.620. The maximum absolute atomic E-state index is 12.2. The van der Waals surface area contributed by atoms with Gasteiger partial charge in [0.15, 0.2) is 15.6 Å². The van der Waals surface area contributed by atoms with Crippen LogP contribution in [-0.2, 0) is 9.84 Å². The average Bonchev–Trinajstić information content (AvgIpc) is 2.88. The minimum absolute atomic E-state index is 0.0735. The van der Waals surface area contributed by atoms with E-state index in [1.54, 1.807) is 17.4 Å². The van der Waals surface area contributed by atoms with Crippen LogP contribution >= 0.6 is 11.3 Å². The van der Waals surface area contributed by atoms with E-state index in [-0.39, 0.29) is 16.4 Å². The second kappa shape index (κ2) is 6.46. The molecule has 0 aliphatic carbocycles. The van der Waals surface area contributed by atoms with E-state index in [0.717, 1.165) is 11.1 Å². The summed E-state index contributed by atoms with van der Waals surface area (Å²) in [5, 5.41) is 0. The number of carbonyl (C=O) groups is 1. The first kappa shape index (κ1) is 16.5. The van der Waals surface area contributed by atoms with Crippen molar-refractivity contribution in [1.29, 1.82) is 0 Å². The monoisotopic (exact) mass is 336 g/mol. The Bertz CT molecular complexity index is 830. The van der Waals surface area contributed by atoms with Gasteiger partial charge >= 0.3 is 0 Å². The maximum Gasteiger partial charge on any atom is 0.186 e. The molecule has 0 saturated heterocycles. The maximum atomic E-state index is 12.2. The van der Waals surface area contributed by atoms with Gasteiger partial charge in [-0.25, -0.2) is 8.42 Å². The Labute approximate surface area is 134 Å². The van der Waals surface area contributed by atoms with Gasteiger partial charge in [0.25, 0.3) is 0 Å². The van der Waals surface area contributed by atoms with Crippen molar-refractivity contribution in [3.8, 4) is 5.75 Å². The Morgan fingerprint density at radius 1 is 1.23 bits per heavy atom. The number of aryl methyl sites for hydroxylation is 1. The summed E-state index contributed by atoms with van der Waals surface area (Å²) in [6.45, 7) is 2.00. The van der Waals surface area contributed by atoms with Gasteiger partial charge in [0, 0.05) is 21.6 Å². The van der Waals surface area contributed by atoms with Gasteiger partial charge in [-0.1, -0.05) is 0 Å². The second-order valence-electron chi connectivity index (χ2n) is 4.78. The molecule has 0 spiro atoms. The van der Waals surface area contributed by atoms with Crippen LogP contribution in [0.4, 0.5) is 0 Å². The number of allylic oxidation sites excluding steroid dienone is 1. The van der Waals surface area contributed by atoms with Gasteiger partial charge in [-0.3, -0.25) is 4.79 Å². The Morgan fingerprint density at radius 2 is 1.95 bits per heavy atom. The molecule has 1 aromatic heterocycles. The van der Waals surface area contributed by atoms with Crippen LogP contribution in [0, 0.1) is 6.92 Å². The first-order chi connectivity index (χ1) is 10.3. The summed E-state index contributed by atoms with van der Waals surface area (Å²) < 4.78 is 28.3. The van der Waals surface area contributed by atoms with Crippen molar-refractivity contribution < 1.29 is 17.9 Å². The molecule has 0 saturated carbocycles. The number of hydrogen-bond donors (Lipinski definition) is 0. The standard InChI is InChI=1S/C16H16O4S2/c1-11-4-6-13(21-11)7-8-14(17)12-5-9-16(22(3,18)19)15(10-12)20-2/h4-10H,1-3H3/b8-7+. The highest BCUT2D eigenvalue weighted by Gasteiger charge is 2.16. The number of carbonyl (C=O) groups excluding carboxylic acids is 1. The van der Waals surface area contributed by atoms with Gasteiger partial charge in [-0.15, -0.1) is 11.3 Å². The molecule has 2 aromatic rings. The predicted octanol–water partition coefficient (Wildman–Crippen LogP) is 3.36. The number of sulfone groups is 1. The summed E-state index contributed by atoms with van der Waals surface area (Å²) in [6, 6.07) is 8.26. The molecule has 1 aromatic carbocycles. The lowest BCUT2D eigenvalue weighted by Gasteiger charge is -2.07. The number of ketones is 1. The van der Waals surface area contributed by atoms with E-state index in [2.05, 4.69) is 0 Å². The zero-order valence-electron chi connectivity index (χ0n) is 12.5. The highest BCUT2D eigenvalue weighted by Crippen LogP contribution is 2.25. The molecule has 0 aliphatic heterocycles. The third kappa shape index (κ3) is 3.84. The largest absolute Gasteiger partial charge is 0.495 e. The van der Waals surface area contributed by atoms with E-state index in [9.17, 15) is 13.2 Å². The van der Waals surface area contributed by atoms with Gasteiger partial charge in [-0.2, -0.15) is 0 Å². The van der Waals surface area contributed by atoms with Gasteiger partial charge in [0.05, 0.1) is 7.11 Å². The summed E-state index contributed by atoms with van der Waals surface area (Å²) >= 11 is 1.60. The molecule has 0 fully saturated rings. The molecule has 0 N–H and O–H groups in total. The molecule has 2 rings (SSSR count). The number of methoxy groups -OCH3 is 1. The summed E-state index contributed by atoms with van der Waals surface area (Å²) in [6.07, 6.45) is 4.32. The molecule has 0 radical (unpaired) electrons. The van der Waals surface area contributed by atoms with Gasteiger partial charge in [0.2, 0.25) is 0 Å². The molecule has 0 aliphatic rings. The van der Waals surface area contributed by atoms with Crippen molar-refractivity contribution in [3.05, 3.63) is 51.7 Å². The highest BCUT2D eigenvalue weighted by molar-refractivity contribution is 7.90. The van der Waals surface area contributed by atoms with E-state index in [0.29, 0.717) is 5.56 Å². The zero-order valence-corrected chi connectivity index (χ0v) is 14.1. The molecule has 6 heteroatoms. The first-order valence-electron chi connectivity index (χ1n) is 6.48. The van der Waals surface area contributed by atoms with Gasteiger partial charge in [-0.05, 0) is 49.4 Å². The van der Waals surface area contributed by atoms with Crippen LogP contribution < -0.4 is 4.74 Å². The minimum Gasteiger partial charge on any atom is -0.495 e. The zero-order chi connectivity index (χ0) is 16.3. The fraction of sp³-hybridized carbons (Fsp3) is 0.188. The van der Waals surface area contributed by atoms with Gasteiger partial charge in [0.1, 0.15) is 10.6 Å². The lowest BCUT2D eigenvalue weighted by Crippen LogP contribution is -2.03. The number of rotatable bonds is 5. The van der Waals surface area contributed by atoms with Crippen LogP contribution in [-0.4, -0.2) is 27.6 Å². The molecule has 0 atom stereocenters. The number of thiophene rings is 1. The number of benzene rings is 1. The second-order valence-corrected chi connectivity index (χ2v) is 8.09. The van der Waals surface area contributed by atoms with Crippen LogP contribution in [0.5, 0.6) is 5.75 Å². The molecule has 1 heterocycles. The third-order valence-corrected chi connectivity index (χ3v) is 5.11. The lowest BCUT2D eigenvalue weighted by atomic mass is 10.1. The van der Waals surface area contributed by atoms with Crippen molar-refractivity contribution in [2.75, 3.05) is 13.4 Å². The van der Waals surface area contributed by atoms with E-state index >= 15 is 0 Å². The molecule has 0 bridgehead atoms. The third-order valence-electron chi connectivity index (χ3n) is 3.01. The molecule has 22 heavy (non-hydrogen) atoms. The van der Waals surface area contributed by atoms with E-state index in [1.807, 2.05) is 19.1 Å². The molecular formula is C16H16O4S2. The molecule has 0 amide bonds.